The second-order valence-electron chi connectivity index (χ2n) is 9.13. The zero-order valence-corrected chi connectivity index (χ0v) is 21.1. The maximum atomic E-state index is 13.0. The quantitative estimate of drug-likeness (QED) is 0.265. The third kappa shape index (κ3) is 6.57. The Balaban J connectivity index is 1.65. The molecule has 0 radical (unpaired) electrons. The number of esters is 1. The Morgan fingerprint density at radius 2 is 1.56 bits per heavy atom. The number of carbonyl (C=O) groups is 1. The fourth-order valence-corrected chi connectivity index (χ4v) is 4.08. The van der Waals surface area contributed by atoms with Gasteiger partial charge in [-0.2, -0.15) is 0 Å². The topological polar surface area (TPSA) is 64.1 Å². The van der Waals surface area contributed by atoms with Gasteiger partial charge in [0.15, 0.2) is 0 Å². The molecule has 1 aromatic heterocycles. The van der Waals surface area contributed by atoms with Gasteiger partial charge in [0.2, 0.25) is 0 Å². The Bertz CT molecular complexity index is 1260. The van der Waals surface area contributed by atoms with Crippen molar-refractivity contribution in [3.63, 3.8) is 0 Å². The number of carbonyl (C=O) groups excluding carboxylic acids is 1. The van der Waals surface area contributed by atoms with Crippen LogP contribution in [0.1, 0.15) is 49.1 Å². The largest absolute Gasteiger partial charge is 0.464 e. The van der Waals surface area contributed by atoms with Crippen LogP contribution >= 0.6 is 0 Å². The van der Waals surface area contributed by atoms with Crippen molar-refractivity contribution in [2.75, 3.05) is 11.9 Å². The highest BCUT2D eigenvalue weighted by Crippen LogP contribution is 2.23. The standard InChI is InChI=1S/C31H33N3O2/c1-4-36-31(35)28(20-24-15-17-25(18-16-24)22(2)3)34-30-27(19-23-11-7-5-8-12-23)33-29(21-32-30)26-13-9-6-10-14-26/h5-18,21-22,28H,4,19-20H2,1-3H3,(H,32,34). The van der Waals surface area contributed by atoms with Crippen LogP contribution in [0.2, 0.25) is 0 Å². The number of aromatic nitrogens is 2. The highest BCUT2D eigenvalue weighted by Gasteiger charge is 2.23. The number of benzene rings is 3. The van der Waals surface area contributed by atoms with Gasteiger partial charge in [0.25, 0.3) is 0 Å². The lowest BCUT2D eigenvalue weighted by atomic mass is 9.99. The molecule has 0 saturated carbocycles. The first-order valence-electron chi connectivity index (χ1n) is 12.5. The Kier molecular flexibility index (Phi) is 8.45. The average Bonchev–Trinajstić information content (AvgIpc) is 2.90. The van der Waals surface area contributed by atoms with E-state index in [-0.39, 0.29) is 5.97 Å². The molecule has 0 amide bonds. The minimum absolute atomic E-state index is 0.301. The molecule has 4 rings (SSSR count). The second-order valence-corrected chi connectivity index (χ2v) is 9.13. The number of nitrogens with zero attached hydrogens (tertiary/aromatic N) is 2. The Hall–Kier alpha value is -3.99. The van der Waals surface area contributed by atoms with Gasteiger partial charge < -0.3 is 10.1 Å². The van der Waals surface area contributed by atoms with E-state index in [1.165, 1.54) is 5.56 Å². The fraction of sp³-hybridized carbons (Fsp3) is 0.258. The normalized spacial score (nSPS) is 11.8. The molecule has 0 saturated heterocycles. The molecule has 5 heteroatoms. The number of nitrogens with one attached hydrogen (secondary N) is 1. The zero-order valence-electron chi connectivity index (χ0n) is 21.1. The summed E-state index contributed by atoms with van der Waals surface area (Å²) < 4.78 is 5.41. The van der Waals surface area contributed by atoms with Gasteiger partial charge in [-0.3, -0.25) is 0 Å². The molecule has 0 aliphatic heterocycles. The molecule has 0 spiro atoms. The average molecular weight is 480 g/mol. The van der Waals surface area contributed by atoms with Gasteiger partial charge in [-0.25, -0.2) is 14.8 Å². The SMILES string of the molecule is CCOC(=O)C(Cc1ccc(C(C)C)cc1)Nc1ncc(-c2ccccc2)nc1Cc1ccccc1. The van der Waals surface area contributed by atoms with Crippen molar-refractivity contribution in [3.8, 4) is 11.3 Å². The van der Waals surface area contributed by atoms with Crippen molar-refractivity contribution >= 4 is 11.8 Å². The van der Waals surface area contributed by atoms with E-state index in [0.29, 0.717) is 31.2 Å². The van der Waals surface area contributed by atoms with E-state index >= 15 is 0 Å². The summed E-state index contributed by atoms with van der Waals surface area (Å²) in [5.74, 6) is 0.748. The van der Waals surface area contributed by atoms with Gasteiger partial charge >= 0.3 is 5.97 Å². The predicted octanol–water partition coefficient (Wildman–Crippen LogP) is 6.44. The van der Waals surface area contributed by atoms with Crippen LogP contribution in [0.25, 0.3) is 11.3 Å². The van der Waals surface area contributed by atoms with E-state index in [4.69, 9.17) is 14.7 Å². The van der Waals surface area contributed by atoms with Crippen molar-refractivity contribution in [2.24, 2.45) is 0 Å². The van der Waals surface area contributed by atoms with Crippen molar-refractivity contribution in [2.45, 2.75) is 45.6 Å². The monoisotopic (exact) mass is 479 g/mol. The molecule has 1 N–H and O–H groups in total. The van der Waals surface area contributed by atoms with E-state index in [9.17, 15) is 4.79 Å². The molecule has 4 aromatic rings. The number of anilines is 1. The van der Waals surface area contributed by atoms with Crippen LogP contribution in [0.3, 0.4) is 0 Å². The van der Waals surface area contributed by atoms with Crippen LogP contribution in [0.15, 0.2) is 91.1 Å². The lowest BCUT2D eigenvalue weighted by molar-refractivity contribution is -0.144. The number of hydrogen-bond donors (Lipinski definition) is 1. The number of rotatable bonds is 10. The van der Waals surface area contributed by atoms with Crippen molar-refractivity contribution < 1.29 is 9.53 Å². The number of ether oxygens (including phenoxy) is 1. The van der Waals surface area contributed by atoms with Gasteiger partial charge in [-0.15, -0.1) is 0 Å². The van der Waals surface area contributed by atoms with Crippen LogP contribution in [0.5, 0.6) is 0 Å². The molecule has 1 atom stereocenters. The first-order valence-corrected chi connectivity index (χ1v) is 12.5. The molecule has 3 aromatic carbocycles. The van der Waals surface area contributed by atoms with Gasteiger partial charge in [0, 0.05) is 18.4 Å². The summed E-state index contributed by atoms with van der Waals surface area (Å²) >= 11 is 0. The van der Waals surface area contributed by atoms with Crippen LogP contribution in [-0.4, -0.2) is 28.6 Å². The Morgan fingerprint density at radius 1 is 0.889 bits per heavy atom. The summed E-state index contributed by atoms with van der Waals surface area (Å²) in [6.45, 7) is 6.48. The minimum Gasteiger partial charge on any atom is -0.464 e. The molecular formula is C31H33N3O2. The molecule has 184 valence electrons. The smallest absolute Gasteiger partial charge is 0.328 e. The second kappa shape index (κ2) is 12.1. The molecule has 5 nitrogen and oxygen atoms in total. The van der Waals surface area contributed by atoms with Crippen LogP contribution in [0.4, 0.5) is 5.82 Å². The molecule has 36 heavy (non-hydrogen) atoms. The predicted molar refractivity (Wildman–Crippen MR) is 145 cm³/mol. The molecule has 0 bridgehead atoms. The van der Waals surface area contributed by atoms with Gasteiger partial charge in [0.1, 0.15) is 11.9 Å². The summed E-state index contributed by atoms with van der Waals surface area (Å²) in [4.78, 5) is 22.6. The van der Waals surface area contributed by atoms with E-state index in [2.05, 4.69) is 55.6 Å². The Labute approximate surface area is 213 Å². The van der Waals surface area contributed by atoms with E-state index in [0.717, 1.165) is 28.1 Å². The summed E-state index contributed by atoms with van der Waals surface area (Å²) in [5.41, 5.74) is 6.03. The Morgan fingerprint density at radius 3 is 2.19 bits per heavy atom. The van der Waals surface area contributed by atoms with E-state index < -0.39 is 6.04 Å². The van der Waals surface area contributed by atoms with Crippen LogP contribution < -0.4 is 5.32 Å². The molecule has 1 unspecified atom stereocenters. The van der Waals surface area contributed by atoms with Gasteiger partial charge in [-0.05, 0) is 29.5 Å². The highest BCUT2D eigenvalue weighted by molar-refractivity contribution is 5.79. The summed E-state index contributed by atoms with van der Waals surface area (Å²) in [7, 11) is 0. The van der Waals surface area contributed by atoms with Crippen LogP contribution in [0, 0.1) is 0 Å². The number of hydrogen-bond acceptors (Lipinski definition) is 5. The van der Waals surface area contributed by atoms with Gasteiger partial charge in [-0.1, -0.05) is 98.8 Å². The van der Waals surface area contributed by atoms with Crippen molar-refractivity contribution in [1.29, 1.82) is 0 Å². The molecular weight excluding hydrogens is 446 g/mol. The third-order valence-electron chi connectivity index (χ3n) is 6.10. The van der Waals surface area contributed by atoms with Gasteiger partial charge in [0.05, 0.1) is 24.2 Å². The van der Waals surface area contributed by atoms with Crippen LogP contribution in [-0.2, 0) is 22.4 Å². The lowest BCUT2D eigenvalue weighted by Gasteiger charge is -2.20. The van der Waals surface area contributed by atoms with Crippen molar-refractivity contribution in [1.82, 2.24) is 9.97 Å². The first kappa shape index (κ1) is 25.1. The molecule has 0 fully saturated rings. The maximum Gasteiger partial charge on any atom is 0.328 e. The van der Waals surface area contributed by atoms with Crippen molar-refractivity contribution in [3.05, 3.63) is 114 Å². The zero-order chi connectivity index (χ0) is 25.3. The van der Waals surface area contributed by atoms with E-state index in [1.807, 2.05) is 55.5 Å². The maximum absolute atomic E-state index is 13.0. The lowest BCUT2D eigenvalue weighted by Crippen LogP contribution is -2.34. The third-order valence-corrected chi connectivity index (χ3v) is 6.10. The first-order chi connectivity index (χ1) is 17.5. The summed E-state index contributed by atoms with van der Waals surface area (Å²) in [6, 6.07) is 28.0. The summed E-state index contributed by atoms with van der Waals surface area (Å²) in [5, 5.41) is 3.37. The molecule has 0 aliphatic rings. The molecule has 0 aliphatic carbocycles. The molecule has 1 heterocycles. The minimum atomic E-state index is -0.582. The highest BCUT2D eigenvalue weighted by atomic mass is 16.5. The summed E-state index contributed by atoms with van der Waals surface area (Å²) in [6.07, 6.45) is 2.84. The van der Waals surface area contributed by atoms with E-state index in [1.54, 1.807) is 6.20 Å². The fourth-order valence-electron chi connectivity index (χ4n) is 4.08.